The molecule has 5 heteroatoms. The van der Waals surface area contributed by atoms with Gasteiger partial charge in [0.15, 0.2) is 5.58 Å². The van der Waals surface area contributed by atoms with Gasteiger partial charge in [-0.3, -0.25) is 0 Å². The fourth-order valence-corrected chi connectivity index (χ4v) is 2.07. The maximum atomic E-state index is 5.66. The Balaban J connectivity index is 1.75. The van der Waals surface area contributed by atoms with Gasteiger partial charge in [0.25, 0.3) is 6.01 Å². The van der Waals surface area contributed by atoms with E-state index in [1.54, 1.807) is 14.2 Å². The summed E-state index contributed by atoms with van der Waals surface area (Å²) in [6, 6.07) is 13.9. The summed E-state index contributed by atoms with van der Waals surface area (Å²) >= 11 is 0. The molecule has 0 bridgehead atoms. The van der Waals surface area contributed by atoms with Crippen LogP contribution in [0.5, 0.6) is 11.5 Å². The number of hydrogen-bond acceptors (Lipinski definition) is 5. The second-order valence-corrected chi connectivity index (χ2v) is 4.56. The largest absolute Gasteiger partial charge is 0.497 e. The van der Waals surface area contributed by atoms with Gasteiger partial charge >= 0.3 is 0 Å². The zero-order chi connectivity index (χ0) is 14.7. The molecule has 0 fully saturated rings. The molecule has 2 aromatic carbocycles. The Morgan fingerprint density at radius 1 is 1.05 bits per heavy atom. The highest BCUT2D eigenvalue weighted by Crippen LogP contribution is 2.24. The molecule has 5 nitrogen and oxygen atoms in total. The average molecular weight is 284 g/mol. The first kappa shape index (κ1) is 13.3. The van der Waals surface area contributed by atoms with Crippen LogP contribution in [0.1, 0.15) is 5.56 Å². The predicted octanol–water partition coefficient (Wildman–Crippen LogP) is 3.46. The summed E-state index contributed by atoms with van der Waals surface area (Å²) in [5.41, 5.74) is 2.58. The highest BCUT2D eigenvalue weighted by atomic mass is 16.5. The van der Waals surface area contributed by atoms with E-state index in [2.05, 4.69) is 10.3 Å². The third-order valence-electron chi connectivity index (χ3n) is 3.17. The van der Waals surface area contributed by atoms with Gasteiger partial charge in [-0.2, -0.15) is 4.98 Å². The van der Waals surface area contributed by atoms with Gasteiger partial charge in [0.1, 0.15) is 17.0 Å². The highest BCUT2D eigenvalue weighted by molar-refractivity contribution is 5.76. The zero-order valence-corrected chi connectivity index (χ0v) is 11.9. The molecule has 0 amide bonds. The van der Waals surface area contributed by atoms with Crippen molar-refractivity contribution in [3.63, 3.8) is 0 Å². The molecular formula is C16H16N2O3. The van der Waals surface area contributed by atoms with Crippen molar-refractivity contribution >= 4 is 17.1 Å². The maximum Gasteiger partial charge on any atom is 0.295 e. The fourth-order valence-electron chi connectivity index (χ4n) is 2.07. The minimum atomic E-state index is 0.487. The van der Waals surface area contributed by atoms with Crippen LogP contribution < -0.4 is 14.8 Å². The Morgan fingerprint density at radius 3 is 2.67 bits per heavy atom. The highest BCUT2D eigenvalue weighted by Gasteiger charge is 2.06. The van der Waals surface area contributed by atoms with E-state index in [0.29, 0.717) is 18.1 Å². The quantitative estimate of drug-likeness (QED) is 0.777. The topological polar surface area (TPSA) is 56.5 Å². The first-order valence-corrected chi connectivity index (χ1v) is 6.60. The summed E-state index contributed by atoms with van der Waals surface area (Å²) in [7, 11) is 3.28. The number of hydrogen-bond donors (Lipinski definition) is 1. The molecule has 1 heterocycles. The first-order chi connectivity index (χ1) is 10.3. The van der Waals surface area contributed by atoms with Crippen molar-refractivity contribution in [2.24, 2.45) is 0 Å². The summed E-state index contributed by atoms with van der Waals surface area (Å²) in [6.07, 6.45) is 0. The Hall–Kier alpha value is -2.69. The number of ether oxygens (including phenoxy) is 2. The third-order valence-corrected chi connectivity index (χ3v) is 3.17. The van der Waals surface area contributed by atoms with E-state index in [0.717, 1.165) is 22.6 Å². The van der Waals surface area contributed by atoms with E-state index >= 15 is 0 Å². The summed E-state index contributed by atoms with van der Waals surface area (Å²) in [4.78, 5) is 4.38. The van der Waals surface area contributed by atoms with Gasteiger partial charge in [-0.25, -0.2) is 0 Å². The van der Waals surface area contributed by atoms with Gasteiger partial charge < -0.3 is 19.2 Å². The monoisotopic (exact) mass is 284 g/mol. The van der Waals surface area contributed by atoms with Gasteiger partial charge in [0, 0.05) is 12.6 Å². The van der Waals surface area contributed by atoms with Crippen LogP contribution in [-0.4, -0.2) is 19.2 Å². The first-order valence-electron chi connectivity index (χ1n) is 6.60. The molecule has 0 atom stereocenters. The van der Waals surface area contributed by atoms with Gasteiger partial charge in [0.2, 0.25) is 0 Å². The predicted molar refractivity (Wildman–Crippen MR) is 80.9 cm³/mol. The number of rotatable bonds is 5. The Kier molecular flexibility index (Phi) is 3.64. The van der Waals surface area contributed by atoms with Crippen molar-refractivity contribution in [2.45, 2.75) is 6.54 Å². The molecule has 3 rings (SSSR count). The van der Waals surface area contributed by atoms with Crippen molar-refractivity contribution < 1.29 is 13.9 Å². The van der Waals surface area contributed by atoms with Crippen LogP contribution >= 0.6 is 0 Å². The van der Waals surface area contributed by atoms with Crippen LogP contribution in [0.2, 0.25) is 0 Å². The minimum Gasteiger partial charge on any atom is -0.497 e. The van der Waals surface area contributed by atoms with Crippen LogP contribution in [0.3, 0.4) is 0 Å². The zero-order valence-electron chi connectivity index (χ0n) is 11.9. The molecule has 1 N–H and O–H groups in total. The van der Waals surface area contributed by atoms with Crippen molar-refractivity contribution in [1.82, 2.24) is 4.98 Å². The number of oxazole rings is 1. The van der Waals surface area contributed by atoms with E-state index in [1.165, 1.54) is 0 Å². The fraction of sp³-hybridized carbons (Fsp3) is 0.188. The smallest absolute Gasteiger partial charge is 0.295 e. The van der Waals surface area contributed by atoms with Gasteiger partial charge in [-0.1, -0.05) is 12.1 Å². The number of aromatic nitrogens is 1. The van der Waals surface area contributed by atoms with Crippen molar-refractivity contribution in [2.75, 3.05) is 19.5 Å². The Bertz CT molecular complexity index is 752. The molecule has 0 aliphatic rings. The standard InChI is InChI=1S/C16H16N2O3/c1-19-12-5-3-4-11(8-12)10-17-16-18-14-7-6-13(20-2)9-15(14)21-16/h3-9H,10H2,1-2H3,(H,17,18). The number of benzene rings is 2. The molecule has 0 aliphatic carbocycles. The van der Waals surface area contributed by atoms with Gasteiger partial charge in [0.05, 0.1) is 14.2 Å². The van der Waals surface area contributed by atoms with Crippen LogP contribution in [0.4, 0.5) is 6.01 Å². The van der Waals surface area contributed by atoms with Crippen molar-refractivity contribution in [3.05, 3.63) is 48.0 Å². The molecular weight excluding hydrogens is 268 g/mol. The third kappa shape index (κ3) is 2.91. The molecule has 0 aliphatic heterocycles. The lowest BCUT2D eigenvalue weighted by Crippen LogP contribution is -1.99. The van der Waals surface area contributed by atoms with Crippen LogP contribution in [0.25, 0.3) is 11.1 Å². The average Bonchev–Trinajstić information content (AvgIpc) is 2.95. The Labute approximate surface area is 122 Å². The van der Waals surface area contributed by atoms with E-state index < -0.39 is 0 Å². The van der Waals surface area contributed by atoms with Gasteiger partial charge in [-0.05, 0) is 29.8 Å². The number of methoxy groups -OCH3 is 2. The molecule has 21 heavy (non-hydrogen) atoms. The lowest BCUT2D eigenvalue weighted by Gasteiger charge is -2.04. The van der Waals surface area contributed by atoms with Gasteiger partial charge in [-0.15, -0.1) is 0 Å². The molecule has 0 radical (unpaired) electrons. The van der Waals surface area contributed by atoms with Crippen molar-refractivity contribution in [1.29, 1.82) is 0 Å². The molecule has 0 spiro atoms. The molecule has 0 unspecified atom stereocenters. The molecule has 0 saturated carbocycles. The van der Waals surface area contributed by atoms with E-state index in [1.807, 2.05) is 42.5 Å². The second kappa shape index (κ2) is 5.75. The normalized spacial score (nSPS) is 10.6. The second-order valence-electron chi connectivity index (χ2n) is 4.56. The summed E-state index contributed by atoms with van der Waals surface area (Å²) in [6.45, 7) is 0.612. The maximum absolute atomic E-state index is 5.66. The molecule has 1 aromatic heterocycles. The van der Waals surface area contributed by atoms with E-state index in [4.69, 9.17) is 13.9 Å². The summed E-state index contributed by atoms with van der Waals surface area (Å²) < 4.78 is 16.0. The lowest BCUT2D eigenvalue weighted by molar-refractivity contribution is 0.414. The number of nitrogens with one attached hydrogen (secondary N) is 1. The lowest BCUT2D eigenvalue weighted by atomic mass is 10.2. The van der Waals surface area contributed by atoms with Crippen LogP contribution in [0.15, 0.2) is 46.9 Å². The summed E-state index contributed by atoms with van der Waals surface area (Å²) in [5.74, 6) is 1.58. The minimum absolute atomic E-state index is 0.487. The number of anilines is 1. The molecule has 108 valence electrons. The van der Waals surface area contributed by atoms with Crippen LogP contribution in [-0.2, 0) is 6.54 Å². The van der Waals surface area contributed by atoms with Crippen molar-refractivity contribution in [3.8, 4) is 11.5 Å². The summed E-state index contributed by atoms with van der Waals surface area (Å²) in [5, 5.41) is 3.17. The SMILES string of the molecule is COc1cccc(CNc2nc3ccc(OC)cc3o2)c1. The number of nitrogens with zero attached hydrogens (tertiary/aromatic N) is 1. The number of fused-ring (bicyclic) bond motifs is 1. The van der Waals surface area contributed by atoms with E-state index in [9.17, 15) is 0 Å². The Morgan fingerprint density at radius 2 is 1.86 bits per heavy atom. The van der Waals surface area contributed by atoms with Crippen LogP contribution in [0, 0.1) is 0 Å². The van der Waals surface area contributed by atoms with E-state index in [-0.39, 0.29) is 0 Å². The molecule has 3 aromatic rings. The molecule has 0 saturated heterocycles.